The zero-order chi connectivity index (χ0) is 17.3. The summed E-state index contributed by atoms with van der Waals surface area (Å²) in [5, 5.41) is 0. The molecule has 0 bridgehead atoms. The van der Waals surface area contributed by atoms with Crippen LogP contribution in [0.25, 0.3) is 0 Å². The number of aromatic nitrogens is 1. The first kappa shape index (κ1) is 17.9. The van der Waals surface area contributed by atoms with Crippen molar-refractivity contribution in [3.05, 3.63) is 29.6 Å². The molecule has 0 spiro atoms. The van der Waals surface area contributed by atoms with Gasteiger partial charge in [0.2, 0.25) is 0 Å². The van der Waals surface area contributed by atoms with Crippen LogP contribution in [0.5, 0.6) is 0 Å². The first-order valence-electron chi connectivity index (χ1n) is 7.21. The lowest BCUT2D eigenvalue weighted by atomic mass is 10.1. The Balaban J connectivity index is 2.02. The molecule has 0 aliphatic carbocycles. The second-order valence-electron chi connectivity index (χ2n) is 6.46. The fourth-order valence-electron chi connectivity index (χ4n) is 2.00. The molecule has 5 nitrogen and oxygen atoms in total. The van der Waals surface area contributed by atoms with Crippen molar-refractivity contribution in [2.24, 2.45) is 0 Å². The molecule has 0 aromatic carbocycles. The highest BCUT2D eigenvalue weighted by Crippen LogP contribution is 2.30. The Morgan fingerprint density at radius 2 is 2.13 bits per heavy atom. The van der Waals surface area contributed by atoms with Crippen molar-refractivity contribution in [1.82, 2.24) is 9.29 Å². The standard InChI is InChI=1S/C15H20F2N2O3S/c1-14(2,3)22-13(20)19-11(9-21-23-19)7-10-5-6-12(18-8-10)15(4,16)17/h5-6,8,11H,7,9H2,1-4H3/t11-/m0/s1. The van der Waals surface area contributed by atoms with E-state index in [1.807, 2.05) is 0 Å². The molecule has 1 atom stereocenters. The largest absolute Gasteiger partial charge is 0.443 e. The van der Waals surface area contributed by atoms with Crippen molar-refractivity contribution in [3.63, 3.8) is 0 Å². The van der Waals surface area contributed by atoms with Gasteiger partial charge in [-0.1, -0.05) is 6.07 Å². The first-order valence-corrected chi connectivity index (χ1v) is 7.91. The minimum Gasteiger partial charge on any atom is -0.443 e. The van der Waals surface area contributed by atoms with Gasteiger partial charge in [-0.15, -0.1) is 0 Å². The molecule has 0 radical (unpaired) electrons. The van der Waals surface area contributed by atoms with Crippen LogP contribution >= 0.6 is 12.2 Å². The van der Waals surface area contributed by atoms with Gasteiger partial charge in [-0.3, -0.25) is 9.17 Å². The summed E-state index contributed by atoms with van der Waals surface area (Å²) in [5.74, 6) is -2.96. The number of alkyl halides is 2. The van der Waals surface area contributed by atoms with Gasteiger partial charge in [0, 0.05) is 13.1 Å². The van der Waals surface area contributed by atoms with Crippen LogP contribution in [0.3, 0.4) is 0 Å². The molecule has 8 heteroatoms. The smallest absolute Gasteiger partial charge is 0.422 e. The van der Waals surface area contributed by atoms with Gasteiger partial charge < -0.3 is 4.74 Å². The molecular weight excluding hydrogens is 326 g/mol. The Morgan fingerprint density at radius 1 is 1.43 bits per heavy atom. The number of nitrogens with zero attached hydrogens (tertiary/aromatic N) is 2. The predicted octanol–water partition coefficient (Wildman–Crippen LogP) is 3.93. The average molecular weight is 346 g/mol. The minimum atomic E-state index is -2.96. The molecule has 1 amide bonds. The normalized spacial score (nSPS) is 19.0. The van der Waals surface area contributed by atoms with Gasteiger partial charge in [0.1, 0.15) is 23.5 Å². The Morgan fingerprint density at radius 3 is 2.65 bits per heavy atom. The van der Waals surface area contributed by atoms with Crippen molar-refractivity contribution < 1.29 is 22.5 Å². The van der Waals surface area contributed by atoms with Crippen LogP contribution in [0, 0.1) is 0 Å². The number of ether oxygens (including phenoxy) is 1. The van der Waals surface area contributed by atoms with Gasteiger partial charge in [-0.25, -0.2) is 9.10 Å². The summed E-state index contributed by atoms with van der Waals surface area (Å²) in [5.41, 5.74) is -0.120. The van der Waals surface area contributed by atoms with Crippen LogP contribution in [0.15, 0.2) is 18.3 Å². The third kappa shape index (κ3) is 5.04. The van der Waals surface area contributed by atoms with E-state index in [2.05, 4.69) is 4.98 Å². The average Bonchev–Trinajstić information content (AvgIpc) is 2.84. The molecule has 23 heavy (non-hydrogen) atoms. The molecule has 1 fully saturated rings. The molecule has 128 valence electrons. The molecule has 1 saturated heterocycles. The fourth-order valence-corrected chi connectivity index (χ4v) is 2.69. The molecule has 0 N–H and O–H groups in total. The van der Waals surface area contributed by atoms with E-state index in [0.29, 0.717) is 13.0 Å². The van der Waals surface area contributed by atoms with Gasteiger partial charge in [0.15, 0.2) is 0 Å². The fraction of sp³-hybridized carbons (Fsp3) is 0.600. The third-order valence-electron chi connectivity index (χ3n) is 3.04. The van der Waals surface area contributed by atoms with Gasteiger partial charge in [0.25, 0.3) is 5.92 Å². The second-order valence-corrected chi connectivity index (χ2v) is 7.24. The number of rotatable bonds is 3. The maximum Gasteiger partial charge on any atom is 0.422 e. The summed E-state index contributed by atoms with van der Waals surface area (Å²) in [6.45, 7) is 6.51. The molecule has 0 unspecified atom stereocenters. The predicted molar refractivity (Wildman–Crippen MR) is 82.9 cm³/mol. The third-order valence-corrected chi connectivity index (χ3v) is 3.89. The van der Waals surface area contributed by atoms with Gasteiger partial charge in [-0.05, 0) is 38.8 Å². The Kier molecular flexibility index (Phi) is 5.15. The van der Waals surface area contributed by atoms with E-state index in [4.69, 9.17) is 8.92 Å². The van der Waals surface area contributed by atoms with E-state index < -0.39 is 17.6 Å². The lowest BCUT2D eigenvalue weighted by Gasteiger charge is -2.25. The van der Waals surface area contributed by atoms with E-state index in [9.17, 15) is 13.6 Å². The zero-order valence-corrected chi connectivity index (χ0v) is 14.3. The van der Waals surface area contributed by atoms with Crippen LogP contribution in [0.4, 0.5) is 13.6 Å². The van der Waals surface area contributed by atoms with E-state index in [0.717, 1.165) is 24.7 Å². The van der Waals surface area contributed by atoms with E-state index in [1.165, 1.54) is 16.6 Å². The molecule has 1 aromatic heterocycles. The summed E-state index contributed by atoms with van der Waals surface area (Å²) < 4.78 is 38.3. The van der Waals surface area contributed by atoms with Crippen molar-refractivity contribution in [2.45, 2.75) is 51.7 Å². The maximum absolute atomic E-state index is 13.2. The summed E-state index contributed by atoms with van der Waals surface area (Å²) in [7, 11) is 0. The van der Waals surface area contributed by atoms with Crippen LogP contribution in [0.1, 0.15) is 39.0 Å². The van der Waals surface area contributed by atoms with E-state index in [-0.39, 0.29) is 11.7 Å². The second kappa shape index (κ2) is 6.60. The van der Waals surface area contributed by atoms with Gasteiger partial charge in [-0.2, -0.15) is 8.78 Å². The molecule has 0 saturated carbocycles. The molecular formula is C15H20F2N2O3S. The molecule has 1 aliphatic rings. The quantitative estimate of drug-likeness (QED) is 0.613. The van der Waals surface area contributed by atoms with Crippen LogP contribution < -0.4 is 0 Å². The topological polar surface area (TPSA) is 51.7 Å². The van der Waals surface area contributed by atoms with Crippen molar-refractivity contribution >= 4 is 18.3 Å². The highest BCUT2D eigenvalue weighted by Gasteiger charge is 2.35. The molecule has 1 aliphatic heterocycles. The summed E-state index contributed by atoms with van der Waals surface area (Å²) >= 11 is 0.944. The number of halogens is 2. The van der Waals surface area contributed by atoms with E-state index in [1.54, 1.807) is 26.8 Å². The number of hydrogen-bond donors (Lipinski definition) is 0. The Labute approximate surface area is 138 Å². The van der Waals surface area contributed by atoms with Crippen molar-refractivity contribution in [2.75, 3.05) is 6.61 Å². The lowest BCUT2D eigenvalue weighted by Crippen LogP contribution is -2.38. The number of hydrogen-bond acceptors (Lipinski definition) is 5. The number of pyridine rings is 1. The minimum absolute atomic E-state index is 0.232. The Hall–Kier alpha value is -1.41. The lowest BCUT2D eigenvalue weighted by molar-refractivity contribution is 0.0127. The molecule has 2 rings (SSSR count). The number of carbonyl (C=O) groups is 1. The van der Waals surface area contributed by atoms with Gasteiger partial charge in [0.05, 0.1) is 12.6 Å². The van der Waals surface area contributed by atoms with Crippen LogP contribution in [-0.4, -0.2) is 33.6 Å². The summed E-state index contributed by atoms with van der Waals surface area (Å²) in [4.78, 5) is 15.9. The van der Waals surface area contributed by atoms with E-state index >= 15 is 0 Å². The van der Waals surface area contributed by atoms with Gasteiger partial charge >= 0.3 is 6.09 Å². The van der Waals surface area contributed by atoms with Crippen LogP contribution in [-0.2, 0) is 21.3 Å². The zero-order valence-electron chi connectivity index (χ0n) is 13.5. The SMILES string of the molecule is CC(C)(C)OC(=O)N1SOC[C@@H]1Cc1ccc(C(C)(F)F)nc1. The summed E-state index contributed by atoms with van der Waals surface area (Å²) in [6, 6.07) is 2.66. The molecule has 2 heterocycles. The van der Waals surface area contributed by atoms with Crippen molar-refractivity contribution in [3.8, 4) is 0 Å². The first-order chi connectivity index (χ1) is 10.6. The summed E-state index contributed by atoms with van der Waals surface area (Å²) in [6.07, 6.45) is 1.38. The highest BCUT2D eigenvalue weighted by molar-refractivity contribution is 7.93. The van der Waals surface area contributed by atoms with Crippen molar-refractivity contribution in [1.29, 1.82) is 0 Å². The number of amides is 1. The highest BCUT2D eigenvalue weighted by atomic mass is 32.2. The monoisotopic (exact) mass is 346 g/mol. The van der Waals surface area contributed by atoms with Crippen LogP contribution in [0.2, 0.25) is 0 Å². The number of carbonyl (C=O) groups excluding carboxylic acids is 1. The molecule has 1 aromatic rings. The Bertz CT molecular complexity index is 555. The maximum atomic E-state index is 13.2.